The van der Waals surface area contributed by atoms with Gasteiger partial charge in [-0.3, -0.25) is 0 Å². The Labute approximate surface area is 78.8 Å². The van der Waals surface area contributed by atoms with Crippen molar-refractivity contribution >= 4 is 0 Å². The number of rotatable bonds is 5. The van der Waals surface area contributed by atoms with Gasteiger partial charge < -0.3 is 10.6 Å². The van der Waals surface area contributed by atoms with E-state index in [1.54, 1.807) is 12.4 Å². The molecule has 1 heterocycles. The number of nitrogens with zero attached hydrogens (tertiary/aromatic N) is 2. The van der Waals surface area contributed by atoms with E-state index in [1.807, 2.05) is 13.1 Å². The van der Waals surface area contributed by atoms with Crippen LogP contribution in [-0.4, -0.2) is 29.6 Å². The maximum Gasteiger partial charge on any atom is 0.141 e. The molecule has 2 N–H and O–H groups in total. The van der Waals surface area contributed by atoms with Crippen molar-refractivity contribution in [1.29, 1.82) is 0 Å². The monoisotopic (exact) mass is 180 g/mol. The summed E-state index contributed by atoms with van der Waals surface area (Å²) in [7, 11) is 1.94. The van der Waals surface area contributed by atoms with Gasteiger partial charge in [-0.1, -0.05) is 0 Å². The molecule has 0 spiro atoms. The van der Waals surface area contributed by atoms with Gasteiger partial charge in [-0.05, 0) is 20.0 Å². The van der Waals surface area contributed by atoms with Crippen molar-refractivity contribution in [3.63, 3.8) is 0 Å². The van der Waals surface area contributed by atoms with Crippen molar-refractivity contribution in [1.82, 2.24) is 20.6 Å². The summed E-state index contributed by atoms with van der Waals surface area (Å²) in [6.07, 6.45) is 3.51. The van der Waals surface area contributed by atoms with E-state index < -0.39 is 0 Å². The second kappa shape index (κ2) is 5.61. The molecule has 0 aliphatic rings. The number of hydrogen-bond donors (Lipinski definition) is 2. The third-order valence-corrected chi connectivity index (χ3v) is 1.74. The highest BCUT2D eigenvalue weighted by Gasteiger charge is 1.99. The van der Waals surface area contributed by atoms with Gasteiger partial charge in [0.1, 0.15) is 5.82 Å². The molecule has 0 aliphatic heterocycles. The summed E-state index contributed by atoms with van der Waals surface area (Å²) in [6.45, 7) is 3.80. The van der Waals surface area contributed by atoms with E-state index in [4.69, 9.17) is 0 Å². The molecule has 1 unspecified atom stereocenters. The minimum Gasteiger partial charge on any atom is -0.318 e. The van der Waals surface area contributed by atoms with Crippen LogP contribution in [0.1, 0.15) is 12.7 Å². The van der Waals surface area contributed by atoms with Crippen LogP contribution >= 0.6 is 0 Å². The SMILES string of the molecule is CNCC(C)NCc1ncccn1. The minimum absolute atomic E-state index is 0.439. The quantitative estimate of drug-likeness (QED) is 0.678. The number of nitrogens with one attached hydrogen (secondary N) is 2. The van der Waals surface area contributed by atoms with Crippen LogP contribution in [-0.2, 0) is 6.54 Å². The van der Waals surface area contributed by atoms with Gasteiger partial charge >= 0.3 is 0 Å². The van der Waals surface area contributed by atoms with Gasteiger partial charge in [-0.15, -0.1) is 0 Å². The Balaban J connectivity index is 2.27. The summed E-state index contributed by atoms with van der Waals surface area (Å²) in [5.41, 5.74) is 0. The molecule has 1 atom stereocenters. The molecule has 1 aromatic heterocycles. The van der Waals surface area contributed by atoms with E-state index in [0.29, 0.717) is 6.04 Å². The zero-order chi connectivity index (χ0) is 9.52. The Morgan fingerprint density at radius 1 is 1.38 bits per heavy atom. The average Bonchev–Trinajstić information content (AvgIpc) is 2.17. The van der Waals surface area contributed by atoms with Crippen molar-refractivity contribution in [2.45, 2.75) is 19.5 Å². The van der Waals surface area contributed by atoms with E-state index in [2.05, 4.69) is 27.5 Å². The fraction of sp³-hybridized carbons (Fsp3) is 0.556. The van der Waals surface area contributed by atoms with Gasteiger partial charge in [0, 0.05) is 25.0 Å². The molecule has 4 heteroatoms. The van der Waals surface area contributed by atoms with E-state index >= 15 is 0 Å². The van der Waals surface area contributed by atoms with Gasteiger partial charge in [0.2, 0.25) is 0 Å². The summed E-state index contributed by atoms with van der Waals surface area (Å²) >= 11 is 0. The highest BCUT2D eigenvalue weighted by atomic mass is 15.0. The van der Waals surface area contributed by atoms with E-state index in [9.17, 15) is 0 Å². The molecule has 0 amide bonds. The fourth-order valence-corrected chi connectivity index (χ4v) is 1.07. The van der Waals surface area contributed by atoms with Gasteiger partial charge in [0.25, 0.3) is 0 Å². The molecule has 13 heavy (non-hydrogen) atoms. The molecule has 4 nitrogen and oxygen atoms in total. The van der Waals surface area contributed by atoms with Crippen LogP contribution in [0.4, 0.5) is 0 Å². The predicted molar refractivity (Wildman–Crippen MR) is 52.3 cm³/mol. The Kier molecular flexibility index (Phi) is 4.35. The summed E-state index contributed by atoms with van der Waals surface area (Å²) in [5, 5.41) is 6.41. The first kappa shape index (κ1) is 10.1. The van der Waals surface area contributed by atoms with Crippen molar-refractivity contribution in [2.75, 3.05) is 13.6 Å². The third kappa shape index (κ3) is 3.96. The normalized spacial score (nSPS) is 12.8. The summed E-state index contributed by atoms with van der Waals surface area (Å²) in [4.78, 5) is 8.23. The van der Waals surface area contributed by atoms with E-state index in [1.165, 1.54) is 0 Å². The zero-order valence-corrected chi connectivity index (χ0v) is 8.12. The molecular formula is C9H16N4. The maximum absolute atomic E-state index is 4.12. The summed E-state index contributed by atoms with van der Waals surface area (Å²) < 4.78 is 0. The molecule has 0 fully saturated rings. The van der Waals surface area contributed by atoms with Crippen LogP contribution in [0, 0.1) is 0 Å². The first-order valence-electron chi connectivity index (χ1n) is 4.47. The van der Waals surface area contributed by atoms with Crippen LogP contribution < -0.4 is 10.6 Å². The van der Waals surface area contributed by atoms with Gasteiger partial charge in [-0.2, -0.15) is 0 Å². The van der Waals surface area contributed by atoms with Crippen LogP contribution in [0.15, 0.2) is 18.5 Å². The van der Waals surface area contributed by atoms with Crippen LogP contribution in [0.25, 0.3) is 0 Å². The lowest BCUT2D eigenvalue weighted by molar-refractivity contribution is 0.513. The zero-order valence-electron chi connectivity index (χ0n) is 8.12. The second-order valence-electron chi connectivity index (χ2n) is 3.00. The molecular weight excluding hydrogens is 164 g/mol. The highest BCUT2D eigenvalue weighted by molar-refractivity contribution is 4.88. The molecule has 1 aromatic rings. The van der Waals surface area contributed by atoms with Crippen molar-refractivity contribution in [3.05, 3.63) is 24.3 Å². The number of likely N-dealkylation sites (N-methyl/N-ethyl adjacent to an activating group) is 1. The standard InChI is InChI=1S/C9H16N4/c1-8(6-10-2)13-7-9-11-4-3-5-12-9/h3-5,8,10,13H,6-7H2,1-2H3. The Bertz CT molecular complexity index is 224. The van der Waals surface area contributed by atoms with Crippen LogP contribution in [0.5, 0.6) is 0 Å². The Morgan fingerprint density at radius 2 is 2.08 bits per heavy atom. The van der Waals surface area contributed by atoms with Crippen molar-refractivity contribution in [3.8, 4) is 0 Å². The van der Waals surface area contributed by atoms with Crippen LogP contribution in [0.2, 0.25) is 0 Å². The highest BCUT2D eigenvalue weighted by Crippen LogP contribution is 1.87. The predicted octanol–water partition coefficient (Wildman–Crippen LogP) is 0.174. The molecule has 0 aliphatic carbocycles. The lowest BCUT2D eigenvalue weighted by atomic mass is 10.3. The van der Waals surface area contributed by atoms with Crippen molar-refractivity contribution in [2.24, 2.45) is 0 Å². The molecule has 0 bridgehead atoms. The molecule has 0 saturated carbocycles. The molecule has 1 rings (SSSR count). The lowest BCUT2D eigenvalue weighted by Crippen LogP contribution is -2.34. The van der Waals surface area contributed by atoms with E-state index in [0.717, 1.165) is 18.9 Å². The number of hydrogen-bond acceptors (Lipinski definition) is 4. The summed E-state index contributed by atoms with van der Waals surface area (Å²) in [6, 6.07) is 2.26. The average molecular weight is 180 g/mol. The molecule has 0 aromatic carbocycles. The molecule has 0 saturated heterocycles. The van der Waals surface area contributed by atoms with Gasteiger partial charge in [-0.25, -0.2) is 9.97 Å². The van der Waals surface area contributed by atoms with Gasteiger partial charge in [0.05, 0.1) is 6.54 Å². The maximum atomic E-state index is 4.12. The van der Waals surface area contributed by atoms with Crippen molar-refractivity contribution < 1.29 is 0 Å². The first-order chi connectivity index (χ1) is 6.33. The fourth-order valence-electron chi connectivity index (χ4n) is 1.07. The van der Waals surface area contributed by atoms with Crippen LogP contribution in [0.3, 0.4) is 0 Å². The Hall–Kier alpha value is -1.00. The number of aromatic nitrogens is 2. The third-order valence-electron chi connectivity index (χ3n) is 1.74. The largest absolute Gasteiger partial charge is 0.318 e. The first-order valence-corrected chi connectivity index (χ1v) is 4.47. The van der Waals surface area contributed by atoms with Gasteiger partial charge in [0.15, 0.2) is 0 Å². The lowest BCUT2D eigenvalue weighted by Gasteiger charge is -2.11. The smallest absolute Gasteiger partial charge is 0.141 e. The molecule has 0 radical (unpaired) electrons. The van der Waals surface area contributed by atoms with E-state index in [-0.39, 0.29) is 0 Å². The second-order valence-corrected chi connectivity index (χ2v) is 3.00. The summed E-state index contributed by atoms with van der Waals surface area (Å²) in [5.74, 6) is 0.838. The topological polar surface area (TPSA) is 49.8 Å². The minimum atomic E-state index is 0.439. The molecule has 72 valence electrons. The Morgan fingerprint density at radius 3 is 2.69 bits per heavy atom.